The van der Waals surface area contributed by atoms with E-state index < -0.39 is 10.0 Å². The summed E-state index contributed by atoms with van der Waals surface area (Å²) in [4.78, 5) is 4.24. The highest BCUT2D eigenvalue weighted by molar-refractivity contribution is 7.89. The fraction of sp³-hybridized carbons (Fsp3) is 0.615. The molecule has 1 aromatic rings. The van der Waals surface area contributed by atoms with Gasteiger partial charge in [0.1, 0.15) is 4.90 Å². The van der Waals surface area contributed by atoms with Crippen molar-refractivity contribution >= 4 is 15.7 Å². The van der Waals surface area contributed by atoms with E-state index in [2.05, 4.69) is 17.2 Å². The van der Waals surface area contributed by atoms with E-state index in [1.165, 1.54) is 6.20 Å². The Morgan fingerprint density at radius 1 is 1.47 bits per heavy atom. The van der Waals surface area contributed by atoms with Gasteiger partial charge in [0.25, 0.3) is 0 Å². The Kier molecular flexibility index (Phi) is 4.42. The summed E-state index contributed by atoms with van der Waals surface area (Å²) in [6.07, 6.45) is 5.02. The van der Waals surface area contributed by atoms with E-state index in [0.29, 0.717) is 31.2 Å². The highest BCUT2D eigenvalue weighted by atomic mass is 32.2. The monoisotopic (exact) mass is 283 g/mol. The van der Waals surface area contributed by atoms with E-state index in [-0.39, 0.29) is 4.90 Å². The molecular formula is C13H21N3O2S. The van der Waals surface area contributed by atoms with E-state index in [9.17, 15) is 8.42 Å². The summed E-state index contributed by atoms with van der Waals surface area (Å²) < 4.78 is 26.9. The number of nitrogens with one attached hydrogen (secondary N) is 1. The zero-order valence-electron chi connectivity index (χ0n) is 11.5. The maximum atomic E-state index is 12.6. The van der Waals surface area contributed by atoms with Crippen molar-refractivity contribution in [1.82, 2.24) is 9.29 Å². The number of aromatic nitrogens is 1. The van der Waals surface area contributed by atoms with Crippen LogP contribution in [0.15, 0.2) is 23.4 Å². The topological polar surface area (TPSA) is 62.3 Å². The van der Waals surface area contributed by atoms with Crippen LogP contribution in [0.4, 0.5) is 5.69 Å². The van der Waals surface area contributed by atoms with Gasteiger partial charge in [-0.05, 0) is 25.3 Å². The molecule has 2 heterocycles. The lowest BCUT2D eigenvalue weighted by molar-refractivity contribution is 0.453. The van der Waals surface area contributed by atoms with Crippen LogP contribution in [0.25, 0.3) is 0 Å². The maximum Gasteiger partial charge on any atom is 0.246 e. The molecule has 1 saturated heterocycles. The molecule has 0 spiro atoms. The van der Waals surface area contributed by atoms with Crippen LogP contribution in [0.3, 0.4) is 0 Å². The first kappa shape index (κ1) is 14.3. The second kappa shape index (κ2) is 5.88. The van der Waals surface area contributed by atoms with Crippen LogP contribution in [-0.2, 0) is 10.0 Å². The van der Waals surface area contributed by atoms with Gasteiger partial charge in [-0.15, -0.1) is 0 Å². The molecule has 2 rings (SSSR count). The molecule has 19 heavy (non-hydrogen) atoms. The molecular weight excluding hydrogens is 262 g/mol. The lowest BCUT2D eigenvalue weighted by atomic mass is 10.1. The van der Waals surface area contributed by atoms with E-state index in [4.69, 9.17) is 0 Å². The minimum Gasteiger partial charge on any atom is -0.384 e. The fourth-order valence-electron chi connectivity index (χ4n) is 2.41. The number of nitrogens with zero attached hydrogens (tertiary/aromatic N) is 2. The molecule has 1 aromatic heterocycles. The van der Waals surface area contributed by atoms with E-state index in [1.54, 1.807) is 16.6 Å². The Hall–Kier alpha value is -1.14. The molecule has 0 radical (unpaired) electrons. The standard InChI is InChI=1S/C13H21N3O2S/c1-3-11-6-8-16(10-11)19(17,18)13-9-14-7-5-12(13)15-4-2/h5,7,9,11H,3-4,6,8,10H2,1-2H3,(H,14,15). The summed E-state index contributed by atoms with van der Waals surface area (Å²) in [6.45, 7) is 5.97. The summed E-state index contributed by atoms with van der Waals surface area (Å²) in [7, 11) is -3.43. The van der Waals surface area contributed by atoms with E-state index >= 15 is 0 Å². The largest absolute Gasteiger partial charge is 0.384 e. The normalized spacial score (nSPS) is 20.6. The number of hydrogen-bond acceptors (Lipinski definition) is 4. The Morgan fingerprint density at radius 2 is 2.26 bits per heavy atom. The maximum absolute atomic E-state index is 12.6. The van der Waals surface area contributed by atoms with Gasteiger partial charge in [-0.25, -0.2) is 8.42 Å². The zero-order valence-corrected chi connectivity index (χ0v) is 12.3. The fourth-order valence-corrected chi connectivity index (χ4v) is 4.05. The van der Waals surface area contributed by atoms with E-state index in [1.807, 2.05) is 6.92 Å². The smallest absolute Gasteiger partial charge is 0.246 e. The molecule has 106 valence electrons. The number of rotatable bonds is 5. The number of sulfonamides is 1. The van der Waals surface area contributed by atoms with Gasteiger partial charge in [0.15, 0.2) is 0 Å². The van der Waals surface area contributed by atoms with Gasteiger partial charge >= 0.3 is 0 Å². The van der Waals surface area contributed by atoms with E-state index in [0.717, 1.165) is 12.8 Å². The minimum atomic E-state index is -3.43. The SMILES string of the molecule is CCNc1ccncc1S(=O)(=O)N1CCC(CC)C1. The minimum absolute atomic E-state index is 0.286. The predicted octanol–water partition coefficient (Wildman–Crippen LogP) is 1.93. The van der Waals surface area contributed by atoms with Gasteiger partial charge in [-0.3, -0.25) is 4.98 Å². The highest BCUT2D eigenvalue weighted by Gasteiger charge is 2.33. The average molecular weight is 283 g/mol. The van der Waals surface area contributed by atoms with Gasteiger partial charge in [0.05, 0.1) is 5.69 Å². The van der Waals surface area contributed by atoms with Crippen LogP contribution in [0.1, 0.15) is 26.7 Å². The Morgan fingerprint density at radius 3 is 2.89 bits per heavy atom. The summed E-state index contributed by atoms with van der Waals surface area (Å²) in [5.41, 5.74) is 0.637. The molecule has 0 amide bonds. The van der Waals surface area contributed by atoms with Crippen LogP contribution < -0.4 is 5.32 Å². The van der Waals surface area contributed by atoms with Crippen LogP contribution >= 0.6 is 0 Å². The van der Waals surface area contributed by atoms with Gasteiger partial charge < -0.3 is 5.32 Å². The van der Waals surface area contributed by atoms with Crippen molar-refractivity contribution in [1.29, 1.82) is 0 Å². The molecule has 1 N–H and O–H groups in total. The predicted molar refractivity (Wildman–Crippen MR) is 75.6 cm³/mol. The molecule has 1 unspecified atom stereocenters. The Labute approximate surface area is 115 Å². The van der Waals surface area contributed by atoms with Crippen LogP contribution in [0.5, 0.6) is 0 Å². The summed E-state index contributed by atoms with van der Waals surface area (Å²) >= 11 is 0. The second-order valence-corrected chi connectivity index (χ2v) is 6.73. The summed E-state index contributed by atoms with van der Waals surface area (Å²) in [5, 5.41) is 3.09. The highest BCUT2D eigenvalue weighted by Crippen LogP contribution is 2.29. The van der Waals surface area contributed by atoms with Gasteiger partial charge in [-0.2, -0.15) is 4.31 Å². The third kappa shape index (κ3) is 2.90. The molecule has 0 bridgehead atoms. The van der Waals surface area contributed by atoms with Crippen LogP contribution in [-0.4, -0.2) is 37.3 Å². The van der Waals surface area contributed by atoms with Crippen molar-refractivity contribution in [2.24, 2.45) is 5.92 Å². The van der Waals surface area contributed by atoms with Crippen molar-refractivity contribution in [3.05, 3.63) is 18.5 Å². The molecule has 6 heteroatoms. The van der Waals surface area contributed by atoms with Crippen molar-refractivity contribution < 1.29 is 8.42 Å². The van der Waals surface area contributed by atoms with Crippen molar-refractivity contribution in [3.8, 4) is 0 Å². The first-order chi connectivity index (χ1) is 9.09. The third-order valence-corrected chi connectivity index (χ3v) is 5.49. The Balaban J connectivity index is 2.30. The molecule has 0 aromatic carbocycles. The first-order valence-corrected chi connectivity index (χ1v) is 8.21. The quantitative estimate of drug-likeness (QED) is 0.897. The molecule has 5 nitrogen and oxygen atoms in total. The van der Waals surface area contributed by atoms with Crippen molar-refractivity contribution in [2.75, 3.05) is 25.0 Å². The lowest BCUT2D eigenvalue weighted by Crippen LogP contribution is -2.29. The molecule has 1 atom stereocenters. The zero-order chi connectivity index (χ0) is 13.9. The average Bonchev–Trinajstić information content (AvgIpc) is 2.89. The van der Waals surface area contributed by atoms with Crippen molar-refractivity contribution in [2.45, 2.75) is 31.6 Å². The molecule has 1 aliphatic heterocycles. The molecule has 0 saturated carbocycles. The number of anilines is 1. The number of hydrogen-bond donors (Lipinski definition) is 1. The Bertz CT molecular complexity index is 530. The lowest BCUT2D eigenvalue weighted by Gasteiger charge is -2.18. The van der Waals surface area contributed by atoms with Gasteiger partial charge in [0, 0.05) is 32.0 Å². The molecule has 1 fully saturated rings. The summed E-state index contributed by atoms with van der Waals surface area (Å²) in [6, 6.07) is 1.71. The van der Waals surface area contributed by atoms with Crippen molar-refractivity contribution in [3.63, 3.8) is 0 Å². The van der Waals surface area contributed by atoms with Gasteiger partial charge in [-0.1, -0.05) is 13.3 Å². The number of pyridine rings is 1. The third-order valence-electron chi connectivity index (χ3n) is 3.60. The van der Waals surface area contributed by atoms with Crippen LogP contribution in [0.2, 0.25) is 0 Å². The first-order valence-electron chi connectivity index (χ1n) is 6.77. The summed E-state index contributed by atoms with van der Waals surface area (Å²) in [5.74, 6) is 0.481. The molecule has 0 aliphatic carbocycles. The van der Waals surface area contributed by atoms with Gasteiger partial charge in [0.2, 0.25) is 10.0 Å². The molecule has 1 aliphatic rings. The second-order valence-electron chi connectivity index (χ2n) is 4.83. The van der Waals surface area contributed by atoms with Crippen LogP contribution in [0, 0.1) is 5.92 Å².